The lowest BCUT2D eigenvalue weighted by Gasteiger charge is -2.36. The minimum Gasteiger partial charge on any atom is -0.497 e. The van der Waals surface area contributed by atoms with Crippen LogP contribution in [-0.4, -0.2) is 50.4 Å². The summed E-state index contributed by atoms with van der Waals surface area (Å²) in [5.41, 5.74) is 4.00. The molecule has 0 unspecified atom stereocenters. The maximum atomic E-state index is 9.72. The van der Waals surface area contributed by atoms with Crippen molar-refractivity contribution in [1.82, 2.24) is 4.90 Å². The normalized spacial score (nSPS) is 18.4. The molecule has 0 aromatic heterocycles. The third kappa shape index (κ3) is 3.70. The monoisotopic (exact) mass is 398 g/mol. The van der Waals surface area contributed by atoms with Crippen LogP contribution in [-0.2, 0) is 12.8 Å². The molecular weight excluding hydrogens is 372 g/mol. The number of methoxy groups -OCH3 is 2. The maximum Gasteiger partial charge on any atom is 0.231 e. The van der Waals surface area contributed by atoms with Crippen molar-refractivity contribution in [2.24, 2.45) is 5.16 Å². The molecule has 2 heterocycles. The first-order valence-corrected chi connectivity index (χ1v) is 9.67. The summed E-state index contributed by atoms with van der Waals surface area (Å²) in [6, 6.07) is 9.87. The smallest absolute Gasteiger partial charge is 0.231 e. The number of benzene rings is 2. The van der Waals surface area contributed by atoms with Gasteiger partial charge in [-0.25, -0.2) is 0 Å². The van der Waals surface area contributed by atoms with E-state index in [9.17, 15) is 5.21 Å². The van der Waals surface area contributed by atoms with E-state index < -0.39 is 0 Å². The minimum absolute atomic E-state index is 0.0136. The van der Waals surface area contributed by atoms with Crippen molar-refractivity contribution in [3.8, 4) is 23.0 Å². The largest absolute Gasteiger partial charge is 0.497 e. The zero-order chi connectivity index (χ0) is 20.4. The molecule has 0 fully saturated rings. The highest BCUT2D eigenvalue weighted by Crippen LogP contribution is 2.50. The average molecular weight is 398 g/mol. The molecule has 0 radical (unpaired) electrons. The summed E-state index contributed by atoms with van der Waals surface area (Å²) in [5, 5.41) is 13.3. The van der Waals surface area contributed by atoms with Crippen molar-refractivity contribution in [1.29, 1.82) is 0 Å². The lowest BCUT2D eigenvalue weighted by molar-refractivity contribution is 0.170. The van der Waals surface area contributed by atoms with Gasteiger partial charge in [-0.2, -0.15) is 0 Å². The van der Waals surface area contributed by atoms with Crippen molar-refractivity contribution in [2.45, 2.75) is 25.3 Å². The fraction of sp³-hybridized carbons (Fsp3) is 0.409. The molecule has 0 bridgehead atoms. The Balaban J connectivity index is 1.65. The van der Waals surface area contributed by atoms with Gasteiger partial charge in [-0.1, -0.05) is 17.3 Å². The third-order valence-electron chi connectivity index (χ3n) is 5.66. The number of fused-ring (bicyclic) bond motifs is 2. The van der Waals surface area contributed by atoms with Crippen LogP contribution < -0.4 is 18.9 Å². The van der Waals surface area contributed by atoms with Crippen LogP contribution in [0.15, 0.2) is 35.5 Å². The van der Waals surface area contributed by atoms with Gasteiger partial charge in [-0.15, -0.1) is 0 Å². The molecule has 0 saturated heterocycles. The van der Waals surface area contributed by atoms with Crippen LogP contribution >= 0.6 is 0 Å². The van der Waals surface area contributed by atoms with E-state index in [4.69, 9.17) is 18.9 Å². The minimum atomic E-state index is 0.0136. The number of nitrogens with zero attached hydrogens (tertiary/aromatic N) is 2. The van der Waals surface area contributed by atoms with Gasteiger partial charge < -0.3 is 24.2 Å². The van der Waals surface area contributed by atoms with Gasteiger partial charge in [0.1, 0.15) is 5.75 Å². The van der Waals surface area contributed by atoms with E-state index in [-0.39, 0.29) is 12.8 Å². The molecule has 0 amide bonds. The Labute approximate surface area is 170 Å². The fourth-order valence-corrected chi connectivity index (χ4v) is 4.17. The van der Waals surface area contributed by atoms with E-state index in [0.717, 1.165) is 35.6 Å². The van der Waals surface area contributed by atoms with Gasteiger partial charge in [0.15, 0.2) is 11.5 Å². The molecule has 0 aliphatic carbocycles. The molecule has 2 aliphatic rings. The second-order valence-electron chi connectivity index (χ2n) is 7.36. The van der Waals surface area contributed by atoms with Crippen LogP contribution in [0.4, 0.5) is 0 Å². The number of hydrogen-bond acceptors (Lipinski definition) is 7. The zero-order valence-electron chi connectivity index (χ0n) is 17.0. The summed E-state index contributed by atoms with van der Waals surface area (Å²) in [5.74, 6) is 2.89. The van der Waals surface area contributed by atoms with E-state index >= 15 is 0 Å². The van der Waals surface area contributed by atoms with Gasteiger partial charge in [0, 0.05) is 31.0 Å². The van der Waals surface area contributed by atoms with Crippen LogP contribution in [0.2, 0.25) is 0 Å². The predicted octanol–water partition coefficient (Wildman–Crippen LogP) is 3.42. The predicted molar refractivity (Wildman–Crippen MR) is 109 cm³/mol. The van der Waals surface area contributed by atoms with Crippen molar-refractivity contribution in [3.63, 3.8) is 0 Å². The molecular formula is C22H26N2O5. The first kappa shape index (κ1) is 19.4. The molecule has 0 saturated carbocycles. The highest BCUT2D eigenvalue weighted by atomic mass is 16.7. The molecule has 2 aromatic rings. The van der Waals surface area contributed by atoms with Gasteiger partial charge >= 0.3 is 0 Å². The van der Waals surface area contributed by atoms with Crippen molar-refractivity contribution in [3.05, 3.63) is 47.0 Å². The molecule has 7 heteroatoms. The van der Waals surface area contributed by atoms with Crippen molar-refractivity contribution < 1.29 is 24.2 Å². The SMILES string of the molecule is COc1cccc(CC(C[C@@H]2c3c(cc4c(c3OC)OCO4)CCN2C)=NO)c1. The van der Waals surface area contributed by atoms with E-state index in [2.05, 4.69) is 23.2 Å². The Morgan fingerprint density at radius 2 is 2.10 bits per heavy atom. The Morgan fingerprint density at radius 1 is 1.24 bits per heavy atom. The molecule has 1 atom stereocenters. The van der Waals surface area contributed by atoms with Crippen LogP contribution in [0.1, 0.15) is 29.2 Å². The molecule has 4 rings (SSSR count). The highest BCUT2D eigenvalue weighted by Gasteiger charge is 2.34. The maximum absolute atomic E-state index is 9.72. The van der Waals surface area contributed by atoms with Gasteiger partial charge in [0.2, 0.25) is 12.5 Å². The summed E-state index contributed by atoms with van der Waals surface area (Å²) >= 11 is 0. The Hall–Kier alpha value is -2.93. The second kappa shape index (κ2) is 8.21. The van der Waals surface area contributed by atoms with Gasteiger partial charge in [-0.3, -0.25) is 4.90 Å². The van der Waals surface area contributed by atoms with Crippen LogP contribution in [0.25, 0.3) is 0 Å². The Kier molecular flexibility index (Phi) is 5.49. The first-order valence-electron chi connectivity index (χ1n) is 9.67. The number of oxime groups is 1. The Bertz CT molecular complexity index is 928. The standard InChI is InChI=1S/C22H26N2O5/c1-24-8-7-15-11-19-21(29-13-28-19)22(27-3)20(15)18(24)12-16(23-25)9-14-5-4-6-17(10-14)26-2/h4-6,10-11,18,25H,7-9,12-13H2,1-3H3/t18-/m1/s1. The topological polar surface area (TPSA) is 72.8 Å². The highest BCUT2D eigenvalue weighted by molar-refractivity contribution is 5.87. The van der Waals surface area contributed by atoms with Crippen LogP contribution in [0, 0.1) is 0 Å². The third-order valence-corrected chi connectivity index (χ3v) is 5.66. The first-order chi connectivity index (χ1) is 14.1. The van der Waals surface area contributed by atoms with Gasteiger partial charge in [-0.05, 0) is 42.8 Å². The Morgan fingerprint density at radius 3 is 2.86 bits per heavy atom. The van der Waals surface area contributed by atoms with Crippen LogP contribution in [0.5, 0.6) is 23.0 Å². The quantitative estimate of drug-likeness (QED) is 0.457. The zero-order valence-corrected chi connectivity index (χ0v) is 17.0. The lowest BCUT2D eigenvalue weighted by atomic mass is 9.87. The second-order valence-corrected chi connectivity index (χ2v) is 7.36. The summed E-state index contributed by atoms with van der Waals surface area (Å²) < 4.78 is 22.3. The number of rotatable bonds is 6. The van der Waals surface area contributed by atoms with E-state index in [0.29, 0.717) is 30.1 Å². The molecule has 2 aliphatic heterocycles. The number of ether oxygens (including phenoxy) is 4. The fourth-order valence-electron chi connectivity index (χ4n) is 4.17. The van der Waals surface area contributed by atoms with E-state index in [1.165, 1.54) is 5.56 Å². The van der Waals surface area contributed by atoms with Crippen LogP contribution in [0.3, 0.4) is 0 Å². The van der Waals surface area contributed by atoms with Gasteiger partial charge in [0.05, 0.1) is 19.9 Å². The summed E-state index contributed by atoms with van der Waals surface area (Å²) in [6.45, 7) is 1.10. The molecule has 154 valence electrons. The van der Waals surface area contributed by atoms with Crippen molar-refractivity contribution >= 4 is 5.71 Å². The lowest BCUT2D eigenvalue weighted by Crippen LogP contribution is -2.34. The molecule has 0 spiro atoms. The molecule has 2 aromatic carbocycles. The summed E-state index contributed by atoms with van der Waals surface area (Å²) in [6.07, 6.45) is 2.02. The van der Waals surface area contributed by atoms with E-state index in [1.54, 1.807) is 14.2 Å². The summed E-state index contributed by atoms with van der Waals surface area (Å²) in [7, 11) is 5.38. The van der Waals surface area contributed by atoms with Gasteiger partial charge in [0.25, 0.3) is 0 Å². The molecule has 7 nitrogen and oxygen atoms in total. The number of likely N-dealkylation sites (N-methyl/N-ethyl adjacent to an activating group) is 1. The van der Waals surface area contributed by atoms with Crippen molar-refractivity contribution in [2.75, 3.05) is 34.6 Å². The van der Waals surface area contributed by atoms with E-state index in [1.807, 2.05) is 24.3 Å². The molecule has 29 heavy (non-hydrogen) atoms. The average Bonchev–Trinajstić information content (AvgIpc) is 3.21. The summed E-state index contributed by atoms with van der Waals surface area (Å²) in [4.78, 5) is 2.27. The number of hydrogen-bond donors (Lipinski definition) is 1. The molecule has 1 N–H and O–H groups in total.